The first-order chi connectivity index (χ1) is 10.3. The molecule has 1 amide bonds. The van der Waals surface area contributed by atoms with Crippen LogP contribution in [-0.2, 0) is 11.2 Å². The Hall–Kier alpha value is -1.75. The molecule has 0 radical (unpaired) electrons. The molecule has 4 rings (SSSR count). The molecule has 3 aliphatic heterocycles. The van der Waals surface area contributed by atoms with Crippen LogP contribution in [0, 0.1) is 0 Å². The molecule has 2 bridgehead atoms. The van der Waals surface area contributed by atoms with Crippen LogP contribution in [0.3, 0.4) is 0 Å². The zero-order chi connectivity index (χ0) is 14.2. The Labute approximate surface area is 124 Å². The lowest BCUT2D eigenvalue weighted by Crippen LogP contribution is -2.43. The lowest BCUT2D eigenvalue weighted by Gasteiger charge is -2.28. The van der Waals surface area contributed by atoms with Crippen molar-refractivity contribution in [2.45, 2.75) is 37.8 Å². The standard InChI is InChI=1S/C16H20N2O3/c19-16(18-12-2-3-13(18)9-17-6-5-12)8-11-1-4-14-15(7-11)21-10-20-14/h1,4,7,12-13,17H,2-3,5-6,8-10H2/t12-,13+/m1/s1. The second-order valence-electron chi connectivity index (χ2n) is 6.04. The van der Waals surface area contributed by atoms with Crippen molar-refractivity contribution in [2.24, 2.45) is 0 Å². The van der Waals surface area contributed by atoms with Gasteiger partial charge in [-0.1, -0.05) is 6.07 Å². The van der Waals surface area contributed by atoms with E-state index in [0.29, 0.717) is 18.5 Å². The van der Waals surface area contributed by atoms with E-state index in [1.165, 1.54) is 0 Å². The van der Waals surface area contributed by atoms with Gasteiger partial charge in [0, 0.05) is 18.6 Å². The van der Waals surface area contributed by atoms with Gasteiger partial charge < -0.3 is 19.7 Å². The van der Waals surface area contributed by atoms with E-state index >= 15 is 0 Å². The van der Waals surface area contributed by atoms with Crippen molar-refractivity contribution in [1.82, 2.24) is 10.2 Å². The van der Waals surface area contributed by atoms with Gasteiger partial charge in [-0.3, -0.25) is 4.79 Å². The average molecular weight is 288 g/mol. The normalized spacial score (nSPS) is 26.8. The Morgan fingerprint density at radius 1 is 1.19 bits per heavy atom. The third-order valence-corrected chi connectivity index (χ3v) is 4.73. The van der Waals surface area contributed by atoms with Gasteiger partial charge >= 0.3 is 0 Å². The summed E-state index contributed by atoms with van der Waals surface area (Å²) in [6.45, 7) is 2.23. The summed E-state index contributed by atoms with van der Waals surface area (Å²) in [5.74, 6) is 1.76. The number of hydrogen-bond donors (Lipinski definition) is 1. The molecule has 1 aromatic rings. The van der Waals surface area contributed by atoms with Gasteiger partial charge in [0.1, 0.15) is 0 Å². The van der Waals surface area contributed by atoms with Crippen molar-refractivity contribution in [2.75, 3.05) is 19.9 Å². The molecule has 3 aliphatic rings. The number of rotatable bonds is 2. The second kappa shape index (κ2) is 5.22. The topological polar surface area (TPSA) is 50.8 Å². The van der Waals surface area contributed by atoms with Gasteiger partial charge in [-0.2, -0.15) is 0 Å². The van der Waals surface area contributed by atoms with E-state index in [-0.39, 0.29) is 12.7 Å². The molecule has 0 unspecified atom stereocenters. The predicted molar refractivity (Wildman–Crippen MR) is 77.4 cm³/mol. The molecule has 5 heteroatoms. The summed E-state index contributed by atoms with van der Waals surface area (Å²) in [7, 11) is 0. The first-order valence-electron chi connectivity index (χ1n) is 7.71. The highest BCUT2D eigenvalue weighted by Crippen LogP contribution is 2.33. The summed E-state index contributed by atoms with van der Waals surface area (Å²) >= 11 is 0. The average Bonchev–Trinajstić information content (AvgIpc) is 3.01. The van der Waals surface area contributed by atoms with Crippen LogP contribution in [0.25, 0.3) is 0 Å². The van der Waals surface area contributed by atoms with Gasteiger partial charge in [-0.15, -0.1) is 0 Å². The van der Waals surface area contributed by atoms with Crippen LogP contribution in [0.15, 0.2) is 18.2 Å². The molecule has 1 N–H and O–H groups in total. The number of carbonyl (C=O) groups excluding carboxylic acids is 1. The second-order valence-corrected chi connectivity index (χ2v) is 6.04. The van der Waals surface area contributed by atoms with E-state index in [2.05, 4.69) is 10.2 Å². The maximum absolute atomic E-state index is 12.7. The van der Waals surface area contributed by atoms with Crippen molar-refractivity contribution in [3.63, 3.8) is 0 Å². The molecule has 21 heavy (non-hydrogen) atoms. The van der Waals surface area contributed by atoms with E-state index in [0.717, 1.165) is 49.4 Å². The van der Waals surface area contributed by atoms with Crippen LogP contribution in [0.1, 0.15) is 24.8 Å². The molecule has 1 aromatic carbocycles. The summed E-state index contributed by atoms with van der Waals surface area (Å²) in [6.07, 6.45) is 3.80. The Kier molecular flexibility index (Phi) is 3.22. The Morgan fingerprint density at radius 3 is 3.00 bits per heavy atom. The molecule has 3 heterocycles. The number of amides is 1. The monoisotopic (exact) mass is 288 g/mol. The van der Waals surface area contributed by atoms with E-state index in [4.69, 9.17) is 9.47 Å². The smallest absolute Gasteiger partial charge is 0.231 e. The first kappa shape index (κ1) is 13.0. The number of carbonyl (C=O) groups is 1. The molecule has 5 nitrogen and oxygen atoms in total. The van der Waals surface area contributed by atoms with Gasteiger partial charge in [0.15, 0.2) is 11.5 Å². The van der Waals surface area contributed by atoms with Gasteiger partial charge in [-0.25, -0.2) is 0 Å². The van der Waals surface area contributed by atoms with E-state index in [1.807, 2.05) is 18.2 Å². The highest BCUT2D eigenvalue weighted by atomic mass is 16.7. The number of nitrogens with zero attached hydrogens (tertiary/aromatic N) is 1. The highest BCUT2D eigenvalue weighted by Gasteiger charge is 2.37. The van der Waals surface area contributed by atoms with Gasteiger partial charge in [0.2, 0.25) is 12.7 Å². The molecule has 0 aromatic heterocycles. The van der Waals surface area contributed by atoms with Crippen molar-refractivity contribution >= 4 is 5.91 Å². The fraction of sp³-hybridized carbons (Fsp3) is 0.562. The first-order valence-corrected chi connectivity index (χ1v) is 7.71. The lowest BCUT2D eigenvalue weighted by atomic mass is 10.1. The summed E-state index contributed by atoms with van der Waals surface area (Å²) < 4.78 is 10.7. The third-order valence-electron chi connectivity index (χ3n) is 4.73. The van der Waals surface area contributed by atoms with Crippen LogP contribution in [0.2, 0.25) is 0 Å². The molecule has 0 saturated carbocycles. The van der Waals surface area contributed by atoms with Crippen LogP contribution >= 0.6 is 0 Å². The fourth-order valence-electron chi connectivity index (χ4n) is 3.71. The summed E-state index contributed by atoms with van der Waals surface area (Å²) in [6, 6.07) is 6.58. The maximum Gasteiger partial charge on any atom is 0.231 e. The van der Waals surface area contributed by atoms with Gasteiger partial charge in [0.05, 0.1) is 6.42 Å². The Balaban J connectivity index is 1.50. The molecular weight excluding hydrogens is 268 g/mol. The van der Waals surface area contributed by atoms with Crippen LogP contribution < -0.4 is 14.8 Å². The fourth-order valence-corrected chi connectivity index (χ4v) is 3.71. The molecule has 112 valence electrons. The van der Waals surface area contributed by atoms with E-state index in [9.17, 15) is 4.79 Å². The molecule has 2 saturated heterocycles. The van der Waals surface area contributed by atoms with Gasteiger partial charge in [-0.05, 0) is 43.5 Å². The maximum atomic E-state index is 12.7. The Bertz CT molecular complexity index is 546. The van der Waals surface area contributed by atoms with Crippen molar-refractivity contribution < 1.29 is 14.3 Å². The molecule has 2 fully saturated rings. The Morgan fingerprint density at radius 2 is 2.05 bits per heavy atom. The predicted octanol–water partition coefficient (Wildman–Crippen LogP) is 1.31. The van der Waals surface area contributed by atoms with Crippen LogP contribution in [0.4, 0.5) is 0 Å². The minimum absolute atomic E-state index is 0.241. The number of nitrogens with one attached hydrogen (secondary N) is 1. The molecular formula is C16H20N2O3. The minimum atomic E-state index is 0.241. The van der Waals surface area contributed by atoms with Crippen LogP contribution in [-0.4, -0.2) is 42.8 Å². The highest BCUT2D eigenvalue weighted by molar-refractivity contribution is 5.80. The summed E-state index contributed by atoms with van der Waals surface area (Å²) in [5, 5.41) is 3.43. The van der Waals surface area contributed by atoms with E-state index in [1.54, 1.807) is 0 Å². The van der Waals surface area contributed by atoms with Crippen molar-refractivity contribution in [3.8, 4) is 11.5 Å². The third kappa shape index (κ3) is 2.35. The molecule has 0 spiro atoms. The quantitative estimate of drug-likeness (QED) is 0.891. The SMILES string of the molecule is O=C(Cc1ccc2c(c1)OCO2)N1[C@H]2CCNC[C@@H]1CC2. The minimum Gasteiger partial charge on any atom is -0.454 e. The number of fused-ring (bicyclic) bond motifs is 3. The largest absolute Gasteiger partial charge is 0.454 e. The number of hydrogen-bond acceptors (Lipinski definition) is 4. The zero-order valence-electron chi connectivity index (χ0n) is 12.0. The van der Waals surface area contributed by atoms with Crippen molar-refractivity contribution in [1.29, 1.82) is 0 Å². The van der Waals surface area contributed by atoms with Gasteiger partial charge in [0.25, 0.3) is 0 Å². The lowest BCUT2D eigenvalue weighted by molar-refractivity contribution is -0.133. The van der Waals surface area contributed by atoms with E-state index < -0.39 is 0 Å². The molecule has 2 atom stereocenters. The van der Waals surface area contributed by atoms with Crippen LogP contribution in [0.5, 0.6) is 11.5 Å². The van der Waals surface area contributed by atoms with Crippen molar-refractivity contribution in [3.05, 3.63) is 23.8 Å². The zero-order valence-corrected chi connectivity index (χ0v) is 12.0. The molecule has 0 aliphatic carbocycles. The summed E-state index contributed by atoms with van der Waals surface area (Å²) in [5.41, 5.74) is 1.00. The number of ether oxygens (including phenoxy) is 2. The summed E-state index contributed by atoms with van der Waals surface area (Å²) in [4.78, 5) is 14.8. The number of benzene rings is 1.